The molecule has 1 aromatic rings. The van der Waals surface area contributed by atoms with Gasteiger partial charge in [-0.1, -0.05) is 6.07 Å². The number of rotatable bonds is 5. The molecule has 0 aromatic heterocycles. The van der Waals surface area contributed by atoms with Gasteiger partial charge >= 0.3 is 10.3 Å². The number of carboxylic acid groups (broad SMARTS) is 1. The summed E-state index contributed by atoms with van der Waals surface area (Å²) < 4.78 is 30.0. The number of benzene rings is 1. The van der Waals surface area contributed by atoms with E-state index in [0.29, 0.717) is 0 Å². The van der Waals surface area contributed by atoms with Gasteiger partial charge in [-0.25, -0.2) is 0 Å². The van der Waals surface area contributed by atoms with E-state index in [9.17, 15) is 28.4 Å². The van der Waals surface area contributed by atoms with Crippen LogP contribution in [0.1, 0.15) is 12.8 Å². The van der Waals surface area contributed by atoms with Crippen molar-refractivity contribution < 1.29 is 27.4 Å². The molecule has 0 unspecified atom stereocenters. The smallest absolute Gasteiger partial charge is 0.385 e. The van der Waals surface area contributed by atoms with Crippen LogP contribution in [0.5, 0.6) is 5.75 Å². The maximum absolute atomic E-state index is 12.1. The van der Waals surface area contributed by atoms with Crippen LogP contribution in [0.3, 0.4) is 0 Å². The highest BCUT2D eigenvalue weighted by Crippen LogP contribution is 2.24. The minimum Gasteiger partial charge on any atom is -0.550 e. The Bertz CT molecular complexity index is 680. The van der Waals surface area contributed by atoms with Crippen molar-refractivity contribution in [1.82, 2.24) is 4.31 Å². The predicted molar refractivity (Wildman–Crippen MR) is 71.9 cm³/mol. The molecule has 0 N–H and O–H groups in total. The third-order valence-electron chi connectivity index (χ3n) is 3.33. The van der Waals surface area contributed by atoms with Crippen molar-refractivity contribution in [1.29, 1.82) is 0 Å². The number of carbonyl (C=O) groups is 1. The Morgan fingerprint density at radius 2 is 1.95 bits per heavy atom. The summed E-state index contributed by atoms with van der Waals surface area (Å²) in [5.74, 6) is -2.04. The van der Waals surface area contributed by atoms with Gasteiger partial charge in [0.25, 0.3) is 5.69 Å². The van der Waals surface area contributed by atoms with Gasteiger partial charge in [-0.3, -0.25) is 10.1 Å². The highest BCUT2D eigenvalue weighted by molar-refractivity contribution is 7.84. The molecule has 1 aromatic carbocycles. The quantitative estimate of drug-likeness (QED) is 0.534. The number of nitro benzene ring substituents is 1. The lowest BCUT2D eigenvalue weighted by molar-refractivity contribution is -0.384. The summed E-state index contributed by atoms with van der Waals surface area (Å²) >= 11 is 0. The molecule has 0 atom stereocenters. The summed E-state index contributed by atoms with van der Waals surface area (Å²) in [6.07, 6.45) is 0.278. The molecule has 1 heterocycles. The van der Waals surface area contributed by atoms with Gasteiger partial charge in [-0.15, -0.1) is 0 Å². The van der Waals surface area contributed by atoms with Crippen LogP contribution < -0.4 is 9.29 Å². The number of nitrogens with zero attached hydrogens (tertiary/aromatic N) is 2. The molecule has 0 radical (unpaired) electrons. The molecule has 0 spiro atoms. The van der Waals surface area contributed by atoms with E-state index >= 15 is 0 Å². The van der Waals surface area contributed by atoms with Crippen LogP contribution in [0, 0.1) is 16.0 Å². The first-order chi connectivity index (χ1) is 10.3. The average Bonchev–Trinajstić information content (AvgIpc) is 2.47. The van der Waals surface area contributed by atoms with Gasteiger partial charge in [0, 0.05) is 31.0 Å². The maximum atomic E-state index is 12.1. The summed E-state index contributed by atoms with van der Waals surface area (Å²) in [4.78, 5) is 20.7. The molecule has 2 rings (SSSR count). The van der Waals surface area contributed by atoms with Crippen LogP contribution in [-0.2, 0) is 15.1 Å². The third-order valence-corrected chi connectivity index (χ3v) is 4.73. The third kappa shape index (κ3) is 3.71. The Balaban J connectivity index is 2.07. The predicted octanol–water partition coefficient (Wildman–Crippen LogP) is -0.320. The topological polar surface area (TPSA) is 130 Å². The number of carbonyl (C=O) groups excluding carboxylic acids is 1. The van der Waals surface area contributed by atoms with Crippen LogP contribution >= 0.6 is 0 Å². The zero-order valence-electron chi connectivity index (χ0n) is 11.4. The largest absolute Gasteiger partial charge is 0.550 e. The van der Waals surface area contributed by atoms with Crippen LogP contribution in [-0.4, -0.2) is 36.7 Å². The lowest BCUT2D eigenvalue weighted by Crippen LogP contribution is -2.44. The van der Waals surface area contributed by atoms with E-state index in [1.165, 1.54) is 18.2 Å². The van der Waals surface area contributed by atoms with E-state index in [0.717, 1.165) is 10.4 Å². The van der Waals surface area contributed by atoms with E-state index in [1.54, 1.807) is 0 Å². The summed E-state index contributed by atoms with van der Waals surface area (Å²) in [5, 5.41) is 21.4. The standard InChI is InChI=1S/C12H14N2O7S/c15-12(16)9-4-6-13(7-5-9)22(19,20)21-11-3-1-2-10(8-11)14(17)18/h1-3,8-9H,4-7H2,(H,15,16)/p-1. The van der Waals surface area contributed by atoms with Crippen molar-refractivity contribution in [2.24, 2.45) is 5.92 Å². The van der Waals surface area contributed by atoms with Crippen molar-refractivity contribution in [3.63, 3.8) is 0 Å². The summed E-state index contributed by atoms with van der Waals surface area (Å²) in [6, 6.07) is 4.82. The molecule has 0 amide bonds. The zero-order chi connectivity index (χ0) is 16.3. The molecule has 10 heteroatoms. The monoisotopic (exact) mass is 329 g/mol. The fourth-order valence-corrected chi connectivity index (χ4v) is 3.25. The number of carboxylic acids is 1. The Hall–Kier alpha value is -2.20. The van der Waals surface area contributed by atoms with Gasteiger partial charge in [0.2, 0.25) is 0 Å². The molecule has 120 valence electrons. The lowest BCUT2D eigenvalue weighted by atomic mass is 9.99. The van der Waals surface area contributed by atoms with Gasteiger partial charge in [0.1, 0.15) is 0 Å². The second-order valence-electron chi connectivity index (χ2n) is 4.79. The first kappa shape index (κ1) is 16.2. The van der Waals surface area contributed by atoms with Crippen molar-refractivity contribution in [3.8, 4) is 5.75 Å². The van der Waals surface area contributed by atoms with E-state index in [2.05, 4.69) is 0 Å². The van der Waals surface area contributed by atoms with E-state index in [-0.39, 0.29) is 37.4 Å². The fraction of sp³-hybridized carbons (Fsp3) is 0.417. The van der Waals surface area contributed by atoms with E-state index in [1.807, 2.05) is 0 Å². The summed E-state index contributed by atoms with van der Waals surface area (Å²) in [5.41, 5.74) is -0.289. The number of piperidine rings is 1. The second kappa shape index (κ2) is 6.28. The number of nitro groups is 1. The molecular weight excluding hydrogens is 316 g/mol. The first-order valence-electron chi connectivity index (χ1n) is 6.44. The number of aliphatic carboxylic acids is 1. The zero-order valence-corrected chi connectivity index (χ0v) is 12.2. The average molecular weight is 329 g/mol. The molecule has 1 fully saturated rings. The fourth-order valence-electron chi connectivity index (χ4n) is 2.14. The molecule has 1 aliphatic rings. The minimum absolute atomic E-state index is 0.00406. The van der Waals surface area contributed by atoms with Crippen molar-refractivity contribution in [2.45, 2.75) is 12.8 Å². The molecule has 0 saturated carbocycles. The maximum Gasteiger partial charge on any atom is 0.385 e. The van der Waals surface area contributed by atoms with Gasteiger partial charge in [0.15, 0.2) is 5.75 Å². The van der Waals surface area contributed by atoms with Gasteiger partial charge in [-0.05, 0) is 18.9 Å². The normalized spacial score (nSPS) is 17.1. The summed E-state index contributed by atoms with van der Waals surface area (Å²) in [6.45, 7) is -0.00812. The minimum atomic E-state index is -4.13. The van der Waals surface area contributed by atoms with Gasteiger partial charge in [0.05, 0.1) is 11.0 Å². The molecule has 1 saturated heterocycles. The number of hydrogen-bond acceptors (Lipinski definition) is 7. The lowest BCUT2D eigenvalue weighted by Gasteiger charge is -2.30. The highest BCUT2D eigenvalue weighted by atomic mass is 32.2. The van der Waals surface area contributed by atoms with Crippen LogP contribution in [0.15, 0.2) is 24.3 Å². The molecule has 9 nitrogen and oxygen atoms in total. The summed E-state index contributed by atoms with van der Waals surface area (Å²) in [7, 11) is -4.13. The molecule has 0 bridgehead atoms. The molecule has 22 heavy (non-hydrogen) atoms. The van der Waals surface area contributed by atoms with Gasteiger partial charge < -0.3 is 14.1 Å². The Kier molecular flexibility index (Phi) is 4.62. The highest BCUT2D eigenvalue weighted by Gasteiger charge is 2.30. The molecule has 0 aliphatic carbocycles. The van der Waals surface area contributed by atoms with Crippen LogP contribution in [0.4, 0.5) is 5.69 Å². The number of hydrogen-bond donors (Lipinski definition) is 0. The Morgan fingerprint density at radius 1 is 1.32 bits per heavy atom. The molecular formula is C12H13N2O7S-. The van der Waals surface area contributed by atoms with Crippen molar-refractivity contribution in [2.75, 3.05) is 13.1 Å². The van der Waals surface area contributed by atoms with Gasteiger partial charge in [-0.2, -0.15) is 12.7 Å². The van der Waals surface area contributed by atoms with Crippen molar-refractivity contribution >= 4 is 22.0 Å². The second-order valence-corrected chi connectivity index (χ2v) is 6.33. The number of non-ortho nitro benzene ring substituents is 1. The molecule has 1 aliphatic heterocycles. The SMILES string of the molecule is O=C([O-])C1CCN(S(=O)(=O)Oc2cccc([N+](=O)[O-])c2)CC1. The van der Waals surface area contributed by atoms with E-state index < -0.39 is 27.1 Å². The van der Waals surface area contributed by atoms with Crippen LogP contribution in [0.25, 0.3) is 0 Å². The van der Waals surface area contributed by atoms with Crippen LogP contribution in [0.2, 0.25) is 0 Å². The Morgan fingerprint density at radius 3 is 2.50 bits per heavy atom. The van der Waals surface area contributed by atoms with Crippen molar-refractivity contribution in [3.05, 3.63) is 34.4 Å². The van der Waals surface area contributed by atoms with E-state index in [4.69, 9.17) is 4.18 Å². The first-order valence-corrected chi connectivity index (χ1v) is 7.81. The Labute approximate surface area is 126 Å².